The molecule has 7 heteroatoms. The highest BCUT2D eigenvalue weighted by atomic mass is 19.4. The van der Waals surface area contributed by atoms with Crippen LogP contribution in [0.2, 0.25) is 0 Å². The molecule has 0 heterocycles. The van der Waals surface area contributed by atoms with E-state index in [1.54, 1.807) is 13.8 Å². The normalized spacial score (nSPS) is 12.9. The highest BCUT2D eigenvalue weighted by Crippen LogP contribution is 2.29. The van der Waals surface area contributed by atoms with Crippen molar-refractivity contribution >= 4 is 17.6 Å². The first-order valence-electron chi connectivity index (χ1n) is 6.30. The quantitative estimate of drug-likeness (QED) is 0.869. The number of rotatable bonds is 4. The summed E-state index contributed by atoms with van der Waals surface area (Å²) in [6.45, 7) is 4.64. The number of hydrogen-bond acceptors (Lipinski definition) is 3. The Labute approximate surface area is 120 Å². The van der Waals surface area contributed by atoms with Gasteiger partial charge in [-0.2, -0.15) is 13.2 Å². The lowest BCUT2D eigenvalue weighted by molar-refractivity contribution is -0.156. The maximum atomic E-state index is 12.4. The molecule has 0 radical (unpaired) electrons. The molecule has 0 aromatic heterocycles. The van der Waals surface area contributed by atoms with Crippen LogP contribution in [0.15, 0.2) is 24.3 Å². The maximum Gasteiger partial charge on any atom is 0.416 e. The fourth-order valence-electron chi connectivity index (χ4n) is 1.35. The monoisotopic (exact) mass is 303 g/mol. The molecule has 0 saturated heterocycles. The van der Waals surface area contributed by atoms with Crippen LogP contribution in [0.5, 0.6) is 0 Å². The van der Waals surface area contributed by atoms with Gasteiger partial charge < -0.3 is 10.1 Å². The van der Waals surface area contributed by atoms with Crippen molar-refractivity contribution in [1.29, 1.82) is 0 Å². The van der Waals surface area contributed by atoms with Gasteiger partial charge in [0.25, 0.3) is 5.91 Å². The molecule has 1 atom stereocenters. The predicted molar refractivity (Wildman–Crippen MR) is 70.5 cm³/mol. The first-order valence-corrected chi connectivity index (χ1v) is 6.30. The van der Waals surface area contributed by atoms with Crippen LogP contribution in [0.1, 0.15) is 26.3 Å². The number of anilines is 1. The van der Waals surface area contributed by atoms with E-state index < -0.39 is 29.7 Å². The minimum atomic E-state index is -4.43. The van der Waals surface area contributed by atoms with Gasteiger partial charge in [0.15, 0.2) is 6.10 Å². The van der Waals surface area contributed by atoms with Gasteiger partial charge in [0.05, 0.1) is 11.5 Å². The molecule has 0 bridgehead atoms. The number of hydrogen-bond donors (Lipinski definition) is 1. The van der Waals surface area contributed by atoms with Gasteiger partial charge in [-0.15, -0.1) is 0 Å². The van der Waals surface area contributed by atoms with Gasteiger partial charge in [0.2, 0.25) is 0 Å². The summed E-state index contributed by atoms with van der Waals surface area (Å²) in [5, 5.41) is 2.38. The van der Waals surface area contributed by atoms with E-state index in [0.29, 0.717) is 0 Å². The average Bonchev–Trinajstić information content (AvgIpc) is 2.37. The first kappa shape index (κ1) is 17.0. The first-order chi connectivity index (χ1) is 9.61. The number of alkyl halides is 3. The molecule has 0 aliphatic rings. The summed E-state index contributed by atoms with van der Waals surface area (Å²) < 4.78 is 42.0. The molecule has 4 nitrogen and oxygen atoms in total. The SMILES string of the molecule is CC(C)C(=O)O[C@@H](C)C(=O)Nc1ccc(C(F)(F)F)cc1. The van der Waals surface area contributed by atoms with Crippen molar-refractivity contribution in [3.63, 3.8) is 0 Å². The molecule has 1 amide bonds. The third-order valence-electron chi connectivity index (χ3n) is 2.61. The summed E-state index contributed by atoms with van der Waals surface area (Å²) in [6, 6.07) is 4.00. The summed E-state index contributed by atoms with van der Waals surface area (Å²) in [7, 11) is 0. The average molecular weight is 303 g/mol. The predicted octanol–water partition coefficient (Wildman–Crippen LogP) is 3.23. The third-order valence-corrected chi connectivity index (χ3v) is 2.61. The highest BCUT2D eigenvalue weighted by molar-refractivity contribution is 5.95. The molecule has 1 rings (SSSR count). The van der Waals surface area contributed by atoms with E-state index in [-0.39, 0.29) is 11.6 Å². The number of carbonyl (C=O) groups is 2. The number of ether oxygens (including phenoxy) is 1. The second-order valence-electron chi connectivity index (χ2n) is 4.80. The molecule has 1 aromatic carbocycles. The van der Waals surface area contributed by atoms with Crippen LogP contribution in [0, 0.1) is 5.92 Å². The molecule has 0 unspecified atom stereocenters. The molecule has 0 spiro atoms. The zero-order chi connectivity index (χ0) is 16.2. The highest BCUT2D eigenvalue weighted by Gasteiger charge is 2.30. The molecule has 1 aromatic rings. The lowest BCUT2D eigenvalue weighted by atomic mass is 10.2. The van der Waals surface area contributed by atoms with E-state index in [2.05, 4.69) is 5.32 Å². The van der Waals surface area contributed by atoms with Crippen molar-refractivity contribution in [1.82, 2.24) is 0 Å². The molecule has 116 valence electrons. The van der Waals surface area contributed by atoms with Gasteiger partial charge in [-0.3, -0.25) is 9.59 Å². The zero-order valence-electron chi connectivity index (χ0n) is 11.8. The van der Waals surface area contributed by atoms with Crippen LogP contribution in [-0.4, -0.2) is 18.0 Å². The standard InChI is InChI=1S/C14H16F3NO3/c1-8(2)13(20)21-9(3)12(19)18-11-6-4-10(5-7-11)14(15,16)17/h4-9H,1-3H3,(H,18,19)/t9-/m0/s1. The van der Waals surface area contributed by atoms with Crippen molar-refractivity contribution in [2.75, 3.05) is 5.32 Å². The molecular formula is C14H16F3NO3. The fourth-order valence-corrected chi connectivity index (χ4v) is 1.35. The van der Waals surface area contributed by atoms with Crippen LogP contribution in [-0.2, 0) is 20.5 Å². The zero-order valence-corrected chi connectivity index (χ0v) is 11.8. The van der Waals surface area contributed by atoms with E-state index in [1.807, 2.05) is 0 Å². The Morgan fingerprint density at radius 3 is 2.05 bits per heavy atom. The number of nitrogens with one attached hydrogen (secondary N) is 1. The Bertz CT molecular complexity index is 509. The van der Waals surface area contributed by atoms with Crippen LogP contribution in [0.3, 0.4) is 0 Å². The Morgan fingerprint density at radius 1 is 1.10 bits per heavy atom. The maximum absolute atomic E-state index is 12.4. The number of carbonyl (C=O) groups excluding carboxylic acids is 2. The summed E-state index contributed by atoms with van der Waals surface area (Å²) in [6.07, 6.45) is -5.45. The van der Waals surface area contributed by atoms with Crippen molar-refractivity contribution in [2.24, 2.45) is 5.92 Å². The van der Waals surface area contributed by atoms with Gasteiger partial charge in [0, 0.05) is 5.69 Å². The second kappa shape index (κ2) is 6.60. The molecule has 1 N–H and O–H groups in total. The summed E-state index contributed by atoms with van der Waals surface area (Å²) >= 11 is 0. The Hall–Kier alpha value is -2.05. The van der Waals surface area contributed by atoms with Crippen molar-refractivity contribution < 1.29 is 27.5 Å². The molecule has 0 fully saturated rings. The summed E-state index contributed by atoms with van der Waals surface area (Å²) in [5.74, 6) is -1.50. The van der Waals surface area contributed by atoms with Crippen LogP contribution >= 0.6 is 0 Å². The Morgan fingerprint density at radius 2 is 1.62 bits per heavy atom. The second-order valence-corrected chi connectivity index (χ2v) is 4.80. The minimum absolute atomic E-state index is 0.195. The van der Waals surface area contributed by atoms with Crippen molar-refractivity contribution in [3.8, 4) is 0 Å². The molecule has 21 heavy (non-hydrogen) atoms. The van der Waals surface area contributed by atoms with Crippen molar-refractivity contribution in [2.45, 2.75) is 33.1 Å². The van der Waals surface area contributed by atoms with Crippen molar-refractivity contribution in [3.05, 3.63) is 29.8 Å². The van der Waals surface area contributed by atoms with E-state index >= 15 is 0 Å². The van der Waals surface area contributed by atoms with E-state index in [1.165, 1.54) is 6.92 Å². The van der Waals surface area contributed by atoms with Gasteiger partial charge in [0.1, 0.15) is 0 Å². The molecule has 0 aliphatic heterocycles. The number of benzene rings is 1. The number of esters is 1. The Kier molecular flexibility index (Phi) is 5.34. The Balaban J connectivity index is 2.64. The van der Waals surface area contributed by atoms with E-state index in [4.69, 9.17) is 4.74 Å². The van der Waals surface area contributed by atoms with Gasteiger partial charge in [-0.1, -0.05) is 13.8 Å². The van der Waals surface area contributed by atoms with E-state index in [0.717, 1.165) is 24.3 Å². The molecule has 0 saturated carbocycles. The molecular weight excluding hydrogens is 287 g/mol. The minimum Gasteiger partial charge on any atom is -0.452 e. The topological polar surface area (TPSA) is 55.4 Å². The number of halogens is 3. The van der Waals surface area contributed by atoms with Gasteiger partial charge in [-0.05, 0) is 31.2 Å². The van der Waals surface area contributed by atoms with Crippen LogP contribution in [0.4, 0.5) is 18.9 Å². The summed E-state index contributed by atoms with van der Waals surface area (Å²) in [4.78, 5) is 23.1. The van der Waals surface area contributed by atoms with Crippen LogP contribution < -0.4 is 5.32 Å². The van der Waals surface area contributed by atoms with E-state index in [9.17, 15) is 22.8 Å². The van der Waals surface area contributed by atoms with Crippen LogP contribution in [0.25, 0.3) is 0 Å². The fraction of sp³-hybridized carbons (Fsp3) is 0.429. The third kappa shape index (κ3) is 5.09. The van der Waals surface area contributed by atoms with Gasteiger partial charge >= 0.3 is 12.1 Å². The molecule has 0 aliphatic carbocycles. The largest absolute Gasteiger partial charge is 0.452 e. The smallest absolute Gasteiger partial charge is 0.416 e. The van der Waals surface area contributed by atoms with Gasteiger partial charge in [-0.25, -0.2) is 0 Å². The summed E-state index contributed by atoms with van der Waals surface area (Å²) in [5.41, 5.74) is -0.611. The lowest BCUT2D eigenvalue weighted by Gasteiger charge is -2.15. The number of amides is 1. The lowest BCUT2D eigenvalue weighted by Crippen LogP contribution is -2.31.